The summed E-state index contributed by atoms with van der Waals surface area (Å²) < 4.78 is 2.69. The molecule has 0 fully saturated rings. The Morgan fingerprint density at radius 2 is 0.789 bits per heavy atom. The molecule has 0 amide bonds. The molecule has 2 aromatic heterocycles. The van der Waals surface area contributed by atoms with Gasteiger partial charge in [0.25, 0.3) is 0 Å². The molecular weight excluding hydrogens is 497 g/mol. The summed E-state index contributed by atoms with van der Waals surface area (Å²) in [7, 11) is 0. The molecule has 0 N–H and O–H groups in total. The van der Waals surface area contributed by atoms with Gasteiger partial charge in [-0.3, -0.25) is 0 Å². The van der Waals surface area contributed by atoms with E-state index in [0.29, 0.717) is 0 Å². The first-order chi connectivity index (χ1) is 18.6. The normalized spacial score (nSPS) is 11.9. The van der Waals surface area contributed by atoms with E-state index in [4.69, 9.17) is 0 Å². The summed E-state index contributed by atoms with van der Waals surface area (Å²) in [4.78, 5) is 2.66. The van der Waals surface area contributed by atoms with E-state index in [1.807, 2.05) is 22.7 Å². The molecule has 0 saturated carbocycles. The first-order valence-corrected chi connectivity index (χ1v) is 14.6. The van der Waals surface area contributed by atoms with Crippen LogP contribution in [0.3, 0.4) is 0 Å². The zero-order chi connectivity index (χ0) is 25.4. The molecule has 2 heterocycles. The molecule has 180 valence electrons. The van der Waals surface area contributed by atoms with E-state index in [1.54, 1.807) is 0 Å². The molecule has 0 spiro atoms. The van der Waals surface area contributed by atoms with E-state index in [1.165, 1.54) is 84.5 Å². The van der Waals surface area contributed by atoms with Crippen molar-refractivity contribution in [2.75, 3.05) is 0 Å². The van der Waals surface area contributed by atoms with E-state index in [0.717, 1.165) is 0 Å². The van der Waals surface area contributed by atoms with Gasteiger partial charge in [0.2, 0.25) is 0 Å². The van der Waals surface area contributed by atoms with E-state index in [2.05, 4.69) is 123 Å². The smallest absolute Gasteiger partial charge is 0.0355 e. The monoisotopic (exact) mass is 520 g/mol. The third kappa shape index (κ3) is 3.49. The average Bonchev–Trinajstić information content (AvgIpc) is 3.54. The first kappa shape index (κ1) is 22.0. The molecular formula is C36H24S2. The van der Waals surface area contributed by atoms with Gasteiger partial charge in [-0.15, -0.1) is 22.7 Å². The molecule has 0 aliphatic carbocycles. The van der Waals surface area contributed by atoms with Gasteiger partial charge in [-0.1, -0.05) is 83.9 Å². The molecule has 2 heteroatoms. The van der Waals surface area contributed by atoms with Gasteiger partial charge in [-0.05, 0) is 104 Å². The van der Waals surface area contributed by atoms with E-state index >= 15 is 0 Å². The summed E-state index contributed by atoms with van der Waals surface area (Å²) >= 11 is 3.78. The minimum atomic E-state index is 1.29. The van der Waals surface area contributed by atoms with Crippen LogP contribution in [0.5, 0.6) is 0 Å². The highest BCUT2D eigenvalue weighted by atomic mass is 32.1. The number of aryl methyl sites for hydroxylation is 2. The van der Waals surface area contributed by atoms with Crippen LogP contribution in [0.2, 0.25) is 0 Å². The van der Waals surface area contributed by atoms with Gasteiger partial charge in [0.05, 0.1) is 0 Å². The second-order valence-electron chi connectivity index (χ2n) is 10.4. The van der Waals surface area contributed by atoms with Crippen molar-refractivity contribution in [3.8, 4) is 20.9 Å². The maximum absolute atomic E-state index is 2.40. The standard InChI is InChI=1S/C36H24S2/c1-21-3-7-23(8-4-21)33-17-27-15-25-11-13-30-29(31(25)19-35(27)37-33)14-12-26-16-28-18-34(38-36(28)20-32(26)30)24-9-5-22(2)6-10-24/h3-20H,1-2H3. The van der Waals surface area contributed by atoms with Gasteiger partial charge in [0, 0.05) is 19.2 Å². The van der Waals surface area contributed by atoms with Crippen LogP contribution in [0.4, 0.5) is 0 Å². The summed E-state index contributed by atoms with van der Waals surface area (Å²) in [5.74, 6) is 0. The molecule has 0 radical (unpaired) electrons. The summed E-state index contributed by atoms with van der Waals surface area (Å²) in [5, 5.41) is 10.6. The van der Waals surface area contributed by atoms with Crippen LogP contribution in [-0.4, -0.2) is 0 Å². The van der Waals surface area contributed by atoms with Crippen molar-refractivity contribution in [3.63, 3.8) is 0 Å². The fraction of sp³-hybridized carbons (Fsp3) is 0.0556. The molecule has 0 saturated heterocycles. The zero-order valence-corrected chi connectivity index (χ0v) is 22.8. The Bertz CT molecular complexity index is 2010. The number of fused-ring (bicyclic) bond motifs is 7. The second kappa shape index (κ2) is 8.26. The van der Waals surface area contributed by atoms with Crippen LogP contribution in [0.15, 0.2) is 109 Å². The Morgan fingerprint density at radius 1 is 0.368 bits per heavy atom. The summed E-state index contributed by atoms with van der Waals surface area (Å²) in [5.41, 5.74) is 5.18. The SMILES string of the molecule is Cc1ccc(-c2cc3cc4ccc5c6cc7sc(-c8ccc(C)cc8)cc7cc6ccc5c4cc3s2)cc1. The third-order valence-corrected chi connectivity index (χ3v) is 10.1. The van der Waals surface area contributed by atoms with Crippen LogP contribution < -0.4 is 0 Å². The lowest BCUT2D eigenvalue weighted by molar-refractivity contribution is 1.48. The quantitative estimate of drug-likeness (QED) is 0.199. The molecule has 8 aromatic rings. The van der Waals surface area contributed by atoms with Crippen LogP contribution >= 0.6 is 22.7 Å². The van der Waals surface area contributed by atoms with E-state index in [-0.39, 0.29) is 0 Å². The fourth-order valence-electron chi connectivity index (χ4n) is 5.67. The Labute approximate surface area is 229 Å². The van der Waals surface area contributed by atoms with Gasteiger partial charge < -0.3 is 0 Å². The molecule has 0 nitrogen and oxygen atoms in total. The van der Waals surface area contributed by atoms with E-state index in [9.17, 15) is 0 Å². The lowest BCUT2D eigenvalue weighted by atomic mass is 9.96. The zero-order valence-electron chi connectivity index (χ0n) is 21.2. The van der Waals surface area contributed by atoms with Crippen molar-refractivity contribution < 1.29 is 0 Å². The third-order valence-electron chi connectivity index (χ3n) is 7.78. The van der Waals surface area contributed by atoms with Crippen LogP contribution in [0.1, 0.15) is 11.1 Å². The fourth-order valence-corrected chi connectivity index (χ4v) is 7.85. The Morgan fingerprint density at radius 3 is 1.21 bits per heavy atom. The van der Waals surface area contributed by atoms with E-state index < -0.39 is 0 Å². The first-order valence-electron chi connectivity index (χ1n) is 13.0. The second-order valence-corrected chi connectivity index (χ2v) is 12.6. The number of hydrogen-bond acceptors (Lipinski definition) is 2. The molecule has 0 bridgehead atoms. The van der Waals surface area contributed by atoms with Crippen molar-refractivity contribution in [3.05, 3.63) is 120 Å². The van der Waals surface area contributed by atoms with Crippen molar-refractivity contribution in [1.82, 2.24) is 0 Å². The van der Waals surface area contributed by atoms with Gasteiger partial charge in [0.15, 0.2) is 0 Å². The highest BCUT2D eigenvalue weighted by Gasteiger charge is 2.12. The number of thiophene rings is 2. The predicted molar refractivity (Wildman–Crippen MR) is 170 cm³/mol. The van der Waals surface area contributed by atoms with Crippen molar-refractivity contribution >= 4 is 75.2 Å². The molecule has 0 unspecified atom stereocenters. The van der Waals surface area contributed by atoms with Crippen LogP contribution in [0, 0.1) is 13.8 Å². The minimum absolute atomic E-state index is 1.29. The largest absolute Gasteiger partial charge is 0.135 e. The Kier molecular flexibility index (Phi) is 4.79. The van der Waals surface area contributed by atoms with Crippen molar-refractivity contribution in [2.45, 2.75) is 13.8 Å². The lowest BCUT2D eigenvalue weighted by Gasteiger charge is -2.08. The van der Waals surface area contributed by atoms with Gasteiger partial charge in [0.1, 0.15) is 0 Å². The molecule has 0 aliphatic rings. The van der Waals surface area contributed by atoms with Gasteiger partial charge in [-0.2, -0.15) is 0 Å². The van der Waals surface area contributed by atoms with Crippen molar-refractivity contribution in [1.29, 1.82) is 0 Å². The molecule has 6 aromatic carbocycles. The lowest BCUT2D eigenvalue weighted by Crippen LogP contribution is -1.81. The Balaban J connectivity index is 1.31. The molecule has 38 heavy (non-hydrogen) atoms. The number of benzene rings is 6. The highest BCUT2D eigenvalue weighted by molar-refractivity contribution is 7.22. The summed E-state index contributed by atoms with van der Waals surface area (Å²) in [6.45, 7) is 4.28. The van der Waals surface area contributed by atoms with Gasteiger partial charge >= 0.3 is 0 Å². The maximum atomic E-state index is 2.40. The number of rotatable bonds is 2. The van der Waals surface area contributed by atoms with Crippen LogP contribution in [0.25, 0.3) is 73.4 Å². The minimum Gasteiger partial charge on any atom is -0.135 e. The molecule has 0 atom stereocenters. The predicted octanol–water partition coefficient (Wildman–Crippen LogP) is 11.5. The topological polar surface area (TPSA) is 0 Å². The number of hydrogen-bond donors (Lipinski definition) is 0. The Hall–Kier alpha value is -3.98. The summed E-state index contributed by atoms with van der Waals surface area (Å²) in [6.07, 6.45) is 0. The molecule has 0 aliphatic heterocycles. The van der Waals surface area contributed by atoms with Crippen LogP contribution in [-0.2, 0) is 0 Å². The van der Waals surface area contributed by atoms with Crippen molar-refractivity contribution in [2.24, 2.45) is 0 Å². The summed E-state index contributed by atoms with van der Waals surface area (Å²) in [6, 6.07) is 41.2. The average molecular weight is 521 g/mol. The molecule has 8 rings (SSSR count). The van der Waals surface area contributed by atoms with Gasteiger partial charge in [-0.25, -0.2) is 0 Å². The highest BCUT2D eigenvalue weighted by Crippen LogP contribution is 2.41. The maximum Gasteiger partial charge on any atom is 0.0355 e.